The van der Waals surface area contributed by atoms with Gasteiger partial charge in [-0.05, 0) is 37.5 Å². The second-order valence-electron chi connectivity index (χ2n) is 33.3. The summed E-state index contributed by atoms with van der Waals surface area (Å²) >= 11 is 0. The quantitative estimate of drug-likeness (QED) is 0.0222. The van der Waals surface area contributed by atoms with Crippen molar-refractivity contribution in [3.8, 4) is 0 Å². The number of aliphatic hydroxyl groups excluding tert-OH is 1. The van der Waals surface area contributed by atoms with Crippen LogP contribution in [0.15, 0.2) is 0 Å². The lowest BCUT2D eigenvalue weighted by Crippen LogP contribution is -2.30. The van der Waals surface area contributed by atoms with Crippen LogP contribution in [0.1, 0.15) is 485 Å². The topological polar surface area (TPSA) is 237 Å². The summed E-state index contributed by atoms with van der Waals surface area (Å²) in [5.74, 6) is -0.476. The predicted octanol–water partition coefficient (Wildman–Crippen LogP) is 27.8. The summed E-state index contributed by atoms with van der Waals surface area (Å²) in [5.41, 5.74) is 0. The van der Waals surface area contributed by atoms with Crippen molar-refractivity contribution in [2.24, 2.45) is 11.8 Å². The van der Waals surface area contributed by atoms with Crippen LogP contribution in [0.2, 0.25) is 0 Å². The highest BCUT2D eigenvalue weighted by molar-refractivity contribution is 7.47. The Bertz CT molecular complexity index is 2080. The molecule has 109 heavy (non-hydrogen) atoms. The van der Waals surface area contributed by atoms with Gasteiger partial charge in [0.1, 0.15) is 19.3 Å². The Kier molecular flexibility index (Phi) is 79.8. The van der Waals surface area contributed by atoms with Crippen LogP contribution in [0.25, 0.3) is 0 Å². The van der Waals surface area contributed by atoms with E-state index in [-0.39, 0.29) is 25.7 Å². The molecule has 2 unspecified atom stereocenters. The van der Waals surface area contributed by atoms with Gasteiger partial charge in [0.2, 0.25) is 0 Å². The van der Waals surface area contributed by atoms with Crippen LogP contribution >= 0.6 is 15.6 Å². The third-order valence-electron chi connectivity index (χ3n) is 21.2. The van der Waals surface area contributed by atoms with Crippen LogP contribution in [0.4, 0.5) is 0 Å². The molecule has 17 nitrogen and oxygen atoms in total. The molecule has 0 aromatic heterocycles. The summed E-state index contributed by atoms with van der Waals surface area (Å²) < 4.78 is 69.0. The molecular formula is C90H176O17P2. The van der Waals surface area contributed by atoms with Crippen molar-refractivity contribution in [1.82, 2.24) is 0 Å². The maximum atomic E-state index is 13.2. The van der Waals surface area contributed by atoms with Gasteiger partial charge >= 0.3 is 39.5 Å². The van der Waals surface area contributed by atoms with Gasteiger partial charge in [-0.15, -0.1) is 0 Å². The number of carbonyl (C=O) groups is 4. The van der Waals surface area contributed by atoms with Gasteiger partial charge in [0, 0.05) is 25.7 Å². The maximum absolute atomic E-state index is 13.2. The summed E-state index contributed by atoms with van der Waals surface area (Å²) in [4.78, 5) is 73.3. The van der Waals surface area contributed by atoms with Crippen LogP contribution in [-0.2, 0) is 65.4 Å². The number of unbranched alkanes of at least 4 members (excludes halogenated alkanes) is 59. The molecule has 0 aliphatic heterocycles. The lowest BCUT2D eigenvalue weighted by molar-refractivity contribution is -0.161. The molecule has 0 spiro atoms. The van der Waals surface area contributed by atoms with E-state index in [9.17, 15) is 43.2 Å². The van der Waals surface area contributed by atoms with E-state index in [4.69, 9.17) is 37.0 Å². The first-order chi connectivity index (χ1) is 52.9. The summed E-state index contributed by atoms with van der Waals surface area (Å²) in [6.07, 6.45) is 75.2. The zero-order chi connectivity index (χ0) is 79.9. The molecule has 0 saturated carbocycles. The zero-order valence-corrected chi connectivity index (χ0v) is 73.7. The first-order valence-electron chi connectivity index (χ1n) is 46.5. The number of hydrogen-bond donors (Lipinski definition) is 3. The molecule has 3 N–H and O–H groups in total. The van der Waals surface area contributed by atoms with Crippen molar-refractivity contribution in [2.45, 2.75) is 503 Å². The number of aliphatic hydroxyl groups is 1. The van der Waals surface area contributed by atoms with Gasteiger partial charge in [0.15, 0.2) is 12.2 Å². The molecule has 0 amide bonds. The number of rotatable bonds is 89. The summed E-state index contributed by atoms with van der Waals surface area (Å²) in [6, 6.07) is 0. The highest BCUT2D eigenvalue weighted by Crippen LogP contribution is 2.45. The van der Waals surface area contributed by atoms with Crippen LogP contribution in [0, 0.1) is 11.8 Å². The molecule has 648 valence electrons. The van der Waals surface area contributed by atoms with E-state index in [1.54, 1.807) is 0 Å². The summed E-state index contributed by atoms with van der Waals surface area (Å²) in [6.45, 7) is 9.74. The van der Waals surface area contributed by atoms with E-state index in [0.29, 0.717) is 25.7 Å². The number of esters is 4. The number of carbonyl (C=O) groups excluding carboxylic acids is 4. The number of phosphoric acid groups is 2. The van der Waals surface area contributed by atoms with Gasteiger partial charge in [-0.2, -0.15) is 0 Å². The minimum absolute atomic E-state index is 0.108. The van der Waals surface area contributed by atoms with Crippen molar-refractivity contribution >= 4 is 39.5 Å². The molecule has 0 aliphatic carbocycles. The Morgan fingerprint density at radius 1 is 0.248 bits per heavy atom. The predicted molar refractivity (Wildman–Crippen MR) is 451 cm³/mol. The van der Waals surface area contributed by atoms with Crippen LogP contribution in [-0.4, -0.2) is 96.7 Å². The van der Waals surface area contributed by atoms with Gasteiger partial charge in [-0.1, -0.05) is 433 Å². The third kappa shape index (κ3) is 83.8. The van der Waals surface area contributed by atoms with Gasteiger partial charge in [-0.3, -0.25) is 37.3 Å². The normalized spacial score (nSPS) is 13.8. The molecule has 0 aromatic carbocycles. The number of phosphoric ester groups is 2. The molecule has 0 rings (SSSR count). The Morgan fingerprint density at radius 2 is 0.422 bits per heavy atom. The fourth-order valence-corrected chi connectivity index (χ4v) is 15.7. The first kappa shape index (κ1) is 107. The summed E-state index contributed by atoms with van der Waals surface area (Å²) in [5, 5.41) is 10.7. The van der Waals surface area contributed by atoms with E-state index in [1.165, 1.54) is 302 Å². The van der Waals surface area contributed by atoms with Gasteiger partial charge < -0.3 is 33.8 Å². The van der Waals surface area contributed by atoms with Crippen molar-refractivity contribution in [1.29, 1.82) is 0 Å². The van der Waals surface area contributed by atoms with Crippen LogP contribution in [0.5, 0.6) is 0 Å². The van der Waals surface area contributed by atoms with E-state index >= 15 is 0 Å². The SMILES string of the molecule is CCCCCCCCCCCCCCCCCCCCCCCC(=O)OC[C@H](COP(=O)(O)OC[C@@H](O)COP(=O)(O)OC[C@@H](COC(=O)CCCCCCCCCCC)OC(=O)CCCCCCCCCCCCCCCCCC(C)C)OC(=O)CCCCCCCCCCCCCCCCCCCCC(C)C. The van der Waals surface area contributed by atoms with E-state index in [0.717, 1.165) is 102 Å². The maximum Gasteiger partial charge on any atom is 0.472 e. The fourth-order valence-electron chi connectivity index (χ4n) is 14.1. The minimum Gasteiger partial charge on any atom is -0.462 e. The molecule has 0 aromatic rings. The standard InChI is InChI=1S/C90H176O17P2/c1-7-9-11-13-15-17-18-19-20-21-22-23-24-28-33-38-43-49-55-61-67-73-88(93)101-79-86(107-90(95)74-68-62-56-50-44-39-34-29-26-25-27-31-36-41-47-52-58-64-70-82(3)4)81-105-109(98,99)103-77-84(91)76-102-108(96,97)104-80-85(78-100-87(92)72-66-60-54-46-16-14-12-10-8-2)106-89(94)75-69-63-57-51-45-40-35-30-32-37-42-48-53-59-65-71-83(5)6/h82-86,91H,7-81H2,1-6H3,(H,96,97)(H,98,99)/t84-,85+,86+/m0/s1. The monoisotopic (exact) mass is 1590 g/mol. The molecule has 0 saturated heterocycles. The van der Waals surface area contributed by atoms with Crippen LogP contribution < -0.4 is 0 Å². The molecule has 0 bridgehead atoms. The average molecular weight is 1590 g/mol. The van der Waals surface area contributed by atoms with Crippen molar-refractivity contribution in [3.63, 3.8) is 0 Å². The largest absolute Gasteiger partial charge is 0.472 e. The molecule has 0 aliphatic rings. The first-order valence-corrected chi connectivity index (χ1v) is 49.5. The smallest absolute Gasteiger partial charge is 0.462 e. The van der Waals surface area contributed by atoms with Crippen molar-refractivity contribution < 1.29 is 80.2 Å². The molecule has 0 heterocycles. The molecular weight excluding hydrogens is 1410 g/mol. The second-order valence-corrected chi connectivity index (χ2v) is 36.2. The average Bonchev–Trinajstić information content (AvgIpc) is 0.900. The highest BCUT2D eigenvalue weighted by Gasteiger charge is 2.31. The number of ether oxygens (including phenoxy) is 4. The lowest BCUT2D eigenvalue weighted by Gasteiger charge is -2.21. The molecule has 5 atom stereocenters. The molecule has 0 fully saturated rings. The number of hydrogen-bond acceptors (Lipinski definition) is 15. The van der Waals surface area contributed by atoms with Gasteiger partial charge in [0.05, 0.1) is 26.4 Å². The summed E-state index contributed by atoms with van der Waals surface area (Å²) in [7, 11) is -9.93. The third-order valence-corrected chi connectivity index (χ3v) is 23.1. The Hall–Kier alpha value is -1.94. The van der Waals surface area contributed by atoms with E-state index in [2.05, 4.69) is 41.5 Å². The highest BCUT2D eigenvalue weighted by atomic mass is 31.2. The lowest BCUT2D eigenvalue weighted by atomic mass is 10.0. The second kappa shape index (κ2) is 81.2. The van der Waals surface area contributed by atoms with E-state index in [1.807, 2.05) is 0 Å². The van der Waals surface area contributed by atoms with E-state index < -0.39 is 97.5 Å². The van der Waals surface area contributed by atoms with Crippen molar-refractivity contribution in [2.75, 3.05) is 39.6 Å². The van der Waals surface area contributed by atoms with Gasteiger partial charge in [0.25, 0.3) is 0 Å². The zero-order valence-electron chi connectivity index (χ0n) is 71.9. The molecule has 0 radical (unpaired) electrons. The Morgan fingerprint density at radius 3 is 0.624 bits per heavy atom. The van der Waals surface area contributed by atoms with Gasteiger partial charge in [-0.25, -0.2) is 9.13 Å². The Balaban J connectivity index is 5.19. The molecule has 19 heteroatoms. The van der Waals surface area contributed by atoms with Crippen LogP contribution in [0.3, 0.4) is 0 Å². The minimum atomic E-state index is -4.97. The fraction of sp³-hybridized carbons (Fsp3) is 0.956. The van der Waals surface area contributed by atoms with Crippen molar-refractivity contribution in [3.05, 3.63) is 0 Å². The Labute approximate surface area is 670 Å².